The highest BCUT2D eigenvalue weighted by Crippen LogP contribution is 2.41. The summed E-state index contributed by atoms with van der Waals surface area (Å²) in [6.45, 7) is 0.963. The molecule has 0 amide bonds. The minimum absolute atomic E-state index is 0.231. The highest BCUT2D eigenvalue weighted by molar-refractivity contribution is 5.50. The van der Waals surface area contributed by atoms with Gasteiger partial charge in [0, 0.05) is 23.6 Å². The van der Waals surface area contributed by atoms with E-state index in [1.165, 1.54) is 22.3 Å². The fourth-order valence-electron chi connectivity index (χ4n) is 4.30. The van der Waals surface area contributed by atoms with Crippen molar-refractivity contribution in [2.45, 2.75) is 24.8 Å². The second kappa shape index (κ2) is 8.49. The van der Waals surface area contributed by atoms with Crippen molar-refractivity contribution in [3.8, 4) is 11.5 Å². The Balaban J connectivity index is 1.73. The predicted molar refractivity (Wildman–Crippen MR) is 113 cm³/mol. The van der Waals surface area contributed by atoms with Crippen LogP contribution in [0.15, 0.2) is 72.8 Å². The minimum atomic E-state index is 0.231. The van der Waals surface area contributed by atoms with Crippen LogP contribution in [-0.2, 0) is 6.42 Å². The minimum Gasteiger partial charge on any atom is -0.497 e. The quantitative estimate of drug-likeness (QED) is 0.651. The second-order valence-electron chi connectivity index (χ2n) is 7.27. The molecule has 1 aliphatic heterocycles. The average molecular weight is 373 g/mol. The molecule has 0 radical (unpaired) electrons. The Morgan fingerprint density at radius 2 is 1.54 bits per heavy atom. The van der Waals surface area contributed by atoms with Gasteiger partial charge in [0.25, 0.3) is 0 Å². The highest BCUT2D eigenvalue weighted by atomic mass is 16.5. The third-order valence-electron chi connectivity index (χ3n) is 5.67. The van der Waals surface area contributed by atoms with Crippen LogP contribution >= 0.6 is 0 Å². The van der Waals surface area contributed by atoms with Crippen LogP contribution in [-0.4, -0.2) is 20.8 Å². The molecule has 3 heteroatoms. The Morgan fingerprint density at radius 1 is 0.893 bits per heavy atom. The summed E-state index contributed by atoms with van der Waals surface area (Å²) in [6, 6.07) is 26.0. The standard InChI is InChI=1S/C25H27NO2/c1-27-21-15-20-13-14-26-23(25(20)24(16-21)28-2)17-22(18-9-5-3-6-10-18)19-11-7-4-8-12-19/h3-12,15-16,22-23,26H,13-14,17H2,1-2H3. The molecule has 1 atom stereocenters. The van der Waals surface area contributed by atoms with Crippen LogP contribution < -0.4 is 14.8 Å². The van der Waals surface area contributed by atoms with Crippen molar-refractivity contribution in [1.82, 2.24) is 5.32 Å². The van der Waals surface area contributed by atoms with E-state index in [9.17, 15) is 0 Å². The molecule has 0 fully saturated rings. The number of nitrogens with one attached hydrogen (secondary N) is 1. The van der Waals surface area contributed by atoms with E-state index in [0.717, 1.165) is 30.9 Å². The molecule has 3 nitrogen and oxygen atoms in total. The van der Waals surface area contributed by atoms with Gasteiger partial charge in [0.05, 0.1) is 14.2 Å². The molecular formula is C25H27NO2. The van der Waals surface area contributed by atoms with E-state index in [1.807, 2.05) is 6.07 Å². The van der Waals surface area contributed by atoms with E-state index in [-0.39, 0.29) is 6.04 Å². The van der Waals surface area contributed by atoms with Crippen LogP contribution in [0.1, 0.15) is 40.6 Å². The molecule has 28 heavy (non-hydrogen) atoms. The van der Waals surface area contributed by atoms with Gasteiger partial charge >= 0.3 is 0 Å². The normalized spacial score (nSPS) is 15.9. The fraction of sp³-hybridized carbons (Fsp3) is 0.280. The van der Waals surface area contributed by atoms with E-state index < -0.39 is 0 Å². The summed E-state index contributed by atoms with van der Waals surface area (Å²) in [5.74, 6) is 2.09. The molecule has 0 aliphatic carbocycles. The van der Waals surface area contributed by atoms with Crippen LogP contribution in [0.3, 0.4) is 0 Å². The van der Waals surface area contributed by atoms with Gasteiger partial charge in [-0.1, -0.05) is 60.7 Å². The lowest BCUT2D eigenvalue weighted by molar-refractivity contribution is 0.371. The van der Waals surface area contributed by atoms with Crippen molar-refractivity contribution >= 4 is 0 Å². The molecule has 1 heterocycles. The maximum absolute atomic E-state index is 5.76. The maximum atomic E-state index is 5.76. The smallest absolute Gasteiger partial charge is 0.127 e. The lowest BCUT2D eigenvalue weighted by Gasteiger charge is -2.32. The van der Waals surface area contributed by atoms with Gasteiger partial charge in [0.2, 0.25) is 0 Å². The molecule has 0 bridgehead atoms. The van der Waals surface area contributed by atoms with E-state index in [2.05, 4.69) is 72.0 Å². The number of rotatable bonds is 6. The molecule has 1 unspecified atom stereocenters. The number of methoxy groups -OCH3 is 2. The molecule has 0 aromatic heterocycles. The SMILES string of the molecule is COc1cc2c(c(OC)c1)C(CC(c1ccccc1)c1ccccc1)NCC2. The molecule has 4 rings (SSSR count). The zero-order valence-electron chi connectivity index (χ0n) is 16.5. The number of hydrogen-bond donors (Lipinski definition) is 1. The number of ether oxygens (including phenoxy) is 2. The van der Waals surface area contributed by atoms with Gasteiger partial charge < -0.3 is 14.8 Å². The zero-order valence-corrected chi connectivity index (χ0v) is 16.5. The number of benzene rings is 3. The van der Waals surface area contributed by atoms with Crippen molar-refractivity contribution in [1.29, 1.82) is 0 Å². The Morgan fingerprint density at radius 3 is 2.11 bits per heavy atom. The maximum Gasteiger partial charge on any atom is 0.127 e. The first-order chi connectivity index (χ1) is 13.8. The van der Waals surface area contributed by atoms with Gasteiger partial charge in [-0.05, 0) is 42.1 Å². The van der Waals surface area contributed by atoms with Crippen LogP contribution in [0.2, 0.25) is 0 Å². The second-order valence-corrected chi connectivity index (χ2v) is 7.27. The van der Waals surface area contributed by atoms with E-state index in [0.29, 0.717) is 5.92 Å². The Labute approximate surface area is 167 Å². The van der Waals surface area contributed by atoms with Crippen molar-refractivity contribution in [3.63, 3.8) is 0 Å². The van der Waals surface area contributed by atoms with E-state index in [1.54, 1.807) is 14.2 Å². The fourth-order valence-corrected chi connectivity index (χ4v) is 4.30. The molecular weight excluding hydrogens is 346 g/mol. The summed E-state index contributed by atoms with van der Waals surface area (Å²) in [7, 11) is 3.45. The zero-order chi connectivity index (χ0) is 19.3. The lowest BCUT2D eigenvalue weighted by Crippen LogP contribution is -2.31. The molecule has 0 saturated heterocycles. The third-order valence-corrected chi connectivity index (χ3v) is 5.67. The largest absolute Gasteiger partial charge is 0.497 e. The number of fused-ring (bicyclic) bond motifs is 1. The number of hydrogen-bond acceptors (Lipinski definition) is 3. The summed E-state index contributed by atoms with van der Waals surface area (Å²) >= 11 is 0. The third kappa shape index (κ3) is 3.76. The first-order valence-electron chi connectivity index (χ1n) is 9.88. The Bertz CT molecular complexity index is 852. The van der Waals surface area contributed by atoms with Crippen molar-refractivity contribution in [2.75, 3.05) is 20.8 Å². The van der Waals surface area contributed by atoms with Gasteiger partial charge in [0.15, 0.2) is 0 Å². The summed E-state index contributed by atoms with van der Waals surface area (Å²) in [5, 5.41) is 3.74. The highest BCUT2D eigenvalue weighted by Gasteiger charge is 2.28. The summed E-state index contributed by atoms with van der Waals surface area (Å²) in [6.07, 6.45) is 1.96. The average Bonchev–Trinajstić information content (AvgIpc) is 2.77. The van der Waals surface area contributed by atoms with Crippen LogP contribution in [0, 0.1) is 0 Å². The van der Waals surface area contributed by atoms with Crippen LogP contribution in [0.5, 0.6) is 11.5 Å². The van der Waals surface area contributed by atoms with Crippen molar-refractivity contribution in [3.05, 3.63) is 95.1 Å². The van der Waals surface area contributed by atoms with Gasteiger partial charge in [-0.15, -0.1) is 0 Å². The summed E-state index contributed by atoms with van der Waals surface area (Å²) < 4.78 is 11.2. The van der Waals surface area contributed by atoms with Crippen LogP contribution in [0.4, 0.5) is 0 Å². The first-order valence-corrected chi connectivity index (χ1v) is 9.88. The Kier molecular flexibility index (Phi) is 5.63. The van der Waals surface area contributed by atoms with Gasteiger partial charge in [-0.2, -0.15) is 0 Å². The molecule has 0 spiro atoms. The van der Waals surface area contributed by atoms with Gasteiger partial charge in [0.1, 0.15) is 11.5 Å². The molecule has 1 N–H and O–H groups in total. The monoisotopic (exact) mass is 373 g/mol. The van der Waals surface area contributed by atoms with E-state index >= 15 is 0 Å². The van der Waals surface area contributed by atoms with Crippen LogP contribution in [0.25, 0.3) is 0 Å². The van der Waals surface area contributed by atoms with Crippen molar-refractivity contribution < 1.29 is 9.47 Å². The predicted octanol–water partition coefficient (Wildman–Crippen LogP) is 5.11. The molecule has 0 saturated carbocycles. The molecule has 144 valence electrons. The van der Waals surface area contributed by atoms with Gasteiger partial charge in [-0.3, -0.25) is 0 Å². The van der Waals surface area contributed by atoms with Gasteiger partial charge in [-0.25, -0.2) is 0 Å². The molecule has 3 aromatic carbocycles. The lowest BCUT2D eigenvalue weighted by atomic mass is 9.81. The topological polar surface area (TPSA) is 30.5 Å². The summed E-state index contributed by atoms with van der Waals surface area (Å²) in [4.78, 5) is 0. The molecule has 1 aliphatic rings. The Hall–Kier alpha value is -2.78. The molecule has 3 aromatic rings. The van der Waals surface area contributed by atoms with E-state index in [4.69, 9.17) is 9.47 Å². The first kappa shape index (κ1) is 18.6. The summed E-state index contributed by atoms with van der Waals surface area (Å²) in [5.41, 5.74) is 5.27. The van der Waals surface area contributed by atoms with Crippen molar-refractivity contribution in [2.24, 2.45) is 0 Å².